The molecule has 0 amide bonds. The molecule has 0 aliphatic heterocycles. The predicted molar refractivity (Wildman–Crippen MR) is 71.2 cm³/mol. The van der Waals surface area contributed by atoms with Crippen molar-refractivity contribution < 1.29 is 4.74 Å². The van der Waals surface area contributed by atoms with Crippen LogP contribution in [-0.4, -0.2) is 19.8 Å². The fourth-order valence-electron chi connectivity index (χ4n) is 1.73. The Morgan fingerprint density at radius 3 is 2.75 bits per heavy atom. The molecule has 0 aliphatic rings. The molecule has 2 nitrogen and oxygen atoms in total. The van der Waals surface area contributed by atoms with Gasteiger partial charge in [0, 0.05) is 24.1 Å². The number of hydrogen-bond donors (Lipinski definition) is 1. The molecule has 0 bridgehead atoms. The van der Waals surface area contributed by atoms with Gasteiger partial charge in [0.15, 0.2) is 0 Å². The quantitative estimate of drug-likeness (QED) is 0.703. The normalized spacial score (nSPS) is 12.9. The summed E-state index contributed by atoms with van der Waals surface area (Å²) in [5, 5.41) is 5.77. The minimum absolute atomic E-state index is 0.451. The van der Waals surface area contributed by atoms with Crippen LogP contribution in [0.5, 0.6) is 0 Å². The average molecular weight is 241 g/mol. The zero-order valence-corrected chi connectivity index (χ0v) is 11.4. The highest BCUT2D eigenvalue weighted by Gasteiger charge is 2.11. The fraction of sp³-hybridized carbons (Fsp3) is 0.692. The average Bonchev–Trinajstić information content (AvgIpc) is 2.69. The van der Waals surface area contributed by atoms with E-state index < -0.39 is 0 Å². The maximum absolute atomic E-state index is 5.55. The van der Waals surface area contributed by atoms with E-state index in [0.717, 1.165) is 32.6 Å². The number of thiophene rings is 1. The predicted octanol–water partition coefficient (Wildman–Crippen LogP) is 3.52. The molecule has 1 rings (SSSR count). The lowest BCUT2D eigenvalue weighted by Gasteiger charge is -2.16. The van der Waals surface area contributed by atoms with E-state index in [2.05, 4.69) is 37.5 Å². The van der Waals surface area contributed by atoms with Crippen molar-refractivity contribution >= 4 is 11.3 Å². The van der Waals surface area contributed by atoms with E-state index in [1.54, 1.807) is 0 Å². The Balaban J connectivity index is 2.41. The summed E-state index contributed by atoms with van der Waals surface area (Å²) < 4.78 is 5.55. The molecular formula is C13H23NOS. The van der Waals surface area contributed by atoms with Gasteiger partial charge in [-0.1, -0.05) is 13.8 Å². The van der Waals surface area contributed by atoms with Gasteiger partial charge in [-0.2, -0.15) is 0 Å². The van der Waals surface area contributed by atoms with E-state index in [1.165, 1.54) is 10.4 Å². The first-order valence-corrected chi connectivity index (χ1v) is 7.02. The molecule has 1 aromatic rings. The highest BCUT2D eigenvalue weighted by atomic mass is 32.1. The minimum Gasteiger partial charge on any atom is -0.381 e. The van der Waals surface area contributed by atoms with Gasteiger partial charge in [0.1, 0.15) is 0 Å². The monoisotopic (exact) mass is 241 g/mol. The number of aryl methyl sites for hydroxylation is 1. The third-order valence-corrected chi connectivity index (χ3v) is 3.38. The van der Waals surface area contributed by atoms with Crippen molar-refractivity contribution in [1.82, 2.24) is 5.32 Å². The Hall–Kier alpha value is -0.380. The smallest absolute Gasteiger partial charge is 0.0484 e. The van der Waals surface area contributed by atoms with Crippen LogP contribution in [0.25, 0.3) is 0 Å². The molecule has 0 radical (unpaired) electrons. The summed E-state index contributed by atoms with van der Waals surface area (Å²) in [4.78, 5) is 1.38. The first-order chi connectivity index (χ1) is 7.77. The third kappa shape index (κ3) is 4.64. The van der Waals surface area contributed by atoms with Crippen molar-refractivity contribution in [3.63, 3.8) is 0 Å². The van der Waals surface area contributed by atoms with Gasteiger partial charge >= 0.3 is 0 Å². The van der Waals surface area contributed by atoms with Crippen LogP contribution in [-0.2, 0) is 4.74 Å². The van der Waals surface area contributed by atoms with Crippen molar-refractivity contribution in [1.29, 1.82) is 0 Å². The summed E-state index contributed by atoms with van der Waals surface area (Å²) in [5.41, 5.74) is 1.41. The van der Waals surface area contributed by atoms with Gasteiger partial charge in [0.25, 0.3) is 0 Å². The Morgan fingerprint density at radius 1 is 1.38 bits per heavy atom. The Kier molecular flexibility index (Phi) is 6.69. The molecular weight excluding hydrogens is 218 g/mol. The van der Waals surface area contributed by atoms with E-state index in [0.29, 0.717) is 6.04 Å². The molecule has 0 fully saturated rings. The summed E-state index contributed by atoms with van der Waals surface area (Å²) in [6.07, 6.45) is 2.16. The molecule has 1 aromatic heterocycles. The molecule has 1 heterocycles. The minimum atomic E-state index is 0.451. The van der Waals surface area contributed by atoms with Crippen molar-refractivity contribution in [2.45, 2.75) is 39.7 Å². The SMILES string of the molecule is CCCOCCC(NCC)c1csc(C)c1. The van der Waals surface area contributed by atoms with Crippen molar-refractivity contribution in [2.24, 2.45) is 0 Å². The molecule has 1 unspecified atom stereocenters. The largest absolute Gasteiger partial charge is 0.381 e. The standard InChI is InChI=1S/C13H23NOS/c1-4-7-15-8-6-13(14-5-2)12-9-11(3)16-10-12/h9-10,13-14H,4-8H2,1-3H3. The maximum atomic E-state index is 5.55. The molecule has 0 saturated heterocycles. The molecule has 0 aromatic carbocycles. The lowest BCUT2D eigenvalue weighted by atomic mass is 10.1. The molecule has 0 saturated carbocycles. The maximum Gasteiger partial charge on any atom is 0.0484 e. The van der Waals surface area contributed by atoms with E-state index in [-0.39, 0.29) is 0 Å². The lowest BCUT2D eigenvalue weighted by Crippen LogP contribution is -2.22. The van der Waals surface area contributed by atoms with Crippen molar-refractivity contribution in [3.8, 4) is 0 Å². The summed E-state index contributed by atoms with van der Waals surface area (Å²) >= 11 is 1.82. The van der Waals surface area contributed by atoms with E-state index in [9.17, 15) is 0 Å². The Bertz CT molecular complexity index is 285. The summed E-state index contributed by atoms with van der Waals surface area (Å²) in [6.45, 7) is 9.18. The highest BCUT2D eigenvalue weighted by molar-refractivity contribution is 7.10. The van der Waals surface area contributed by atoms with E-state index >= 15 is 0 Å². The van der Waals surface area contributed by atoms with Gasteiger partial charge in [0.2, 0.25) is 0 Å². The highest BCUT2D eigenvalue weighted by Crippen LogP contribution is 2.22. The molecule has 92 valence electrons. The third-order valence-electron chi connectivity index (χ3n) is 2.50. The molecule has 3 heteroatoms. The number of hydrogen-bond acceptors (Lipinski definition) is 3. The van der Waals surface area contributed by atoms with E-state index in [1.807, 2.05) is 11.3 Å². The number of nitrogens with one attached hydrogen (secondary N) is 1. The second-order valence-electron chi connectivity index (χ2n) is 4.00. The Labute approximate surface area is 103 Å². The molecule has 16 heavy (non-hydrogen) atoms. The Morgan fingerprint density at radius 2 is 2.19 bits per heavy atom. The van der Waals surface area contributed by atoms with Gasteiger partial charge in [-0.3, -0.25) is 0 Å². The van der Waals surface area contributed by atoms with Crippen molar-refractivity contribution in [2.75, 3.05) is 19.8 Å². The van der Waals surface area contributed by atoms with Crippen LogP contribution in [0.15, 0.2) is 11.4 Å². The van der Waals surface area contributed by atoms with Gasteiger partial charge in [-0.05, 0) is 43.3 Å². The first-order valence-electron chi connectivity index (χ1n) is 6.14. The van der Waals surface area contributed by atoms with Crippen LogP contribution in [0.1, 0.15) is 43.2 Å². The zero-order valence-electron chi connectivity index (χ0n) is 10.6. The summed E-state index contributed by atoms with van der Waals surface area (Å²) in [5.74, 6) is 0. The van der Waals surface area contributed by atoms with Crippen LogP contribution in [0, 0.1) is 6.92 Å². The van der Waals surface area contributed by atoms with Gasteiger partial charge < -0.3 is 10.1 Å². The van der Waals surface area contributed by atoms with Gasteiger partial charge in [-0.25, -0.2) is 0 Å². The van der Waals surface area contributed by atoms with Crippen LogP contribution in [0.2, 0.25) is 0 Å². The van der Waals surface area contributed by atoms with Crippen LogP contribution >= 0.6 is 11.3 Å². The molecule has 0 spiro atoms. The van der Waals surface area contributed by atoms with Crippen LogP contribution in [0.3, 0.4) is 0 Å². The first kappa shape index (κ1) is 13.7. The number of rotatable bonds is 8. The molecule has 1 N–H and O–H groups in total. The van der Waals surface area contributed by atoms with Gasteiger partial charge in [0.05, 0.1) is 0 Å². The number of ether oxygens (including phenoxy) is 1. The van der Waals surface area contributed by atoms with Crippen LogP contribution in [0.4, 0.5) is 0 Å². The second-order valence-corrected chi connectivity index (χ2v) is 5.12. The van der Waals surface area contributed by atoms with E-state index in [4.69, 9.17) is 4.74 Å². The van der Waals surface area contributed by atoms with Crippen LogP contribution < -0.4 is 5.32 Å². The summed E-state index contributed by atoms with van der Waals surface area (Å²) in [7, 11) is 0. The van der Waals surface area contributed by atoms with Crippen molar-refractivity contribution in [3.05, 3.63) is 21.9 Å². The fourth-order valence-corrected chi connectivity index (χ4v) is 2.49. The molecule has 0 aliphatic carbocycles. The topological polar surface area (TPSA) is 21.3 Å². The second kappa shape index (κ2) is 7.82. The molecule has 1 atom stereocenters. The lowest BCUT2D eigenvalue weighted by molar-refractivity contribution is 0.125. The zero-order chi connectivity index (χ0) is 11.8. The van der Waals surface area contributed by atoms with Gasteiger partial charge in [-0.15, -0.1) is 11.3 Å². The summed E-state index contributed by atoms with van der Waals surface area (Å²) in [6, 6.07) is 2.73.